The van der Waals surface area contributed by atoms with Gasteiger partial charge in [0.05, 0.1) is 26.0 Å². The van der Waals surface area contributed by atoms with Gasteiger partial charge in [0.1, 0.15) is 12.1 Å². The number of benzene rings is 1. The van der Waals surface area contributed by atoms with Crippen molar-refractivity contribution in [3.05, 3.63) is 47.9 Å². The Kier molecular flexibility index (Phi) is 4.86. The highest BCUT2D eigenvalue weighted by molar-refractivity contribution is 5.30. The van der Waals surface area contributed by atoms with Crippen LogP contribution in [0.3, 0.4) is 0 Å². The SMILES string of the molecule is COc1cccc(CC(NN)c2cc(OC)ncn2)c1. The van der Waals surface area contributed by atoms with Crippen molar-refractivity contribution in [1.29, 1.82) is 0 Å². The fourth-order valence-electron chi connectivity index (χ4n) is 1.94. The van der Waals surface area contributed by atoms with Gasteiger partial charge >= 0.3 is 0 Å². The summed E-state index contributed by atoms with van der Waals surface area (Å²) in [6.45, 7) is 0. The lowest BCUT2D eigenvalue weighted by Gasteiger charge is -2.16. The molecule has 0 saturated heterocycles. The molecular weight excluding hydrogens is 256 g/mol. The molecular formula is C14H18N4O2. The Balaban J connectivity index is 2.19. The van der Waals surface area contributed by atoms with Gasteiger partial charge in [0.15, 0.2) is 0 Å². The Labute approximate surface area is 117 Å². The lowest BCUT2D eigenvalue weighted by Crippen LogP contribution is -2.30. The summed E-state index contributed by atoms with van der Waals surface area (Å²) in [5, 5.41) is 0. The van der Waals surface area contributed by atoms with E-state index in [0.717, 1.165) is 17.0 Å². The van der Waals surface area contributed by atoms with Crippen LogP contribution in [0.4, 0.5) is 0 Å². The summed E-state index contributed by atoms with van der Waals surface area (Å²) in [6.07, 6.45) is 2.15. The van der Waals surface area contributed by atoms with Gasteiger partial charge in [-0.05, 0) is 24.1 Å². The van der Waals surface area contributed by atoms with Crippen LogP contribution in [0, 0.1) is 0 Å². The zero-order valence-electron chi connectivity index (χ0n) is 11.5. The van der Waals surface area contributed by atoms with Gasteiger partial charge in [0.2, 0.25) is 5.88 Å². The molecule has 2 aromatic rings. The van der Waals surface area contributed by atoms with E-state index in [-0.39, 0.29) is 6.04 Å². The maximum Gasteiger partial charge on any atom is 0.216 e. The van der Waals surface area contributed by atoms with Crippen molar-refractivity contribution in [3.63, 3.8) is 0 Å². The van der Waals surface area contributed by atoms with Gasteiger partial charge in [0.25, 0.3) is 0 Å². The number of aromatic nitrogens is 2. The molecule has 6 nitrogen and oxygen atoms in total. The molecule has 6 heteroatoms. The van der Waals surface area contributed by atoms with Crippen molar-refractivity contribution in [1.82, 2.24) is 15.4 Å². The lowest BCUT2D eigenvalue weighted by molar-refractivity contribution is 0.393. The molecule has 0 saturated carbocycles. The summed E-state index contributed by atoms with van der Waals surface area (Å²) < 4.78 is 10.3. The minimum atomic E-state index is -0.126. The number of rotatable bonds is 6. The number of hydrogen-bond acceptors (Lipinski definition) is 6. The molecule has 1 heterocycles. The molecule has 2 rings (SSSR count). The van der Waals surface area contributed by atoms with Gasteiger partial charge in [-0.1, -0.05) is 12.1 Å². The fraction of sp³-hybridized carbons (Fsp3) is 0.286. The largest absolute Gasteiger partial charge is 0.497 e. The summed E-state index contributed by atoms with van der Waals surface area (Å²) >= 11 is 0. The first kappa shape index (κ1) is 14.2. The zero-order valence-corrected chi connectivity index (χ0v) is 11.5. The number of hydrazine groups is 1. The van der Waals surface area contributed by atoms with Gasteiger partial charge in [0, 0.05) is 6.07 Å². The van der Waals surface area contributed by atoms with Crippen molar-refractivity contribution >= 4 is 0 Å². The van der Waals surface area contributed by atoms with Gasteiger partial charge in [-0.25, -0.2) is 9.97 Å². The fourth-order valence-corrected chi connectivity index (χ4v) is 1.94. The van der Waals surface area contributed by atoms with Gasteiger partial charge in [-0.15, -0.1) is 0 Å². The minimum Gasteiger partial charge on any atom is -0.497 e. The molecule has 1 aromatic heterocycles. The summed E-state index contributed by atoms with van der Waals surface area (Å²) in [7, 11) is 3.21. The Hall–Kier alpha value is -2.18. The van der Waals surface area contributed by atoms with Crippen LogP contribution >= 0.6 is 0 Å². The third kappa shape index (κ3) is 3.43. The summed E-state index contributed by atoms with van der Waals surface area (Å²) in [5.41, 5.74) is 4.65. The normalized spacial score (nSPS) is 11.9. The molecule has 0 radical (unpaired) electrons. The van der Waals surface area contributed by atoms with E-state index in [0.29, 0.717) is 12.3 Å². The van der Waals surface area contributed by atoms with E-state index in [4.69, 9.17) is 15.3 Å². The highest BCUT2D eigenvalue weighted by Gasteiger charge is 2.13. The molecule has 1 atom stereocenters. The Morgan fingerprint density at radius 1 is 1.20 bits per heavy atom. The second-order valence-corrected chi connectivity index (χ2v) is 4.26. The van der Waals surface area contributed by atoms with E-state index in [2.05, 4.69) is 15.4 Å². The van der Waals surface area contributed by atoms with Crippen LogP contribution < -0.4 is 20.7 Å². The van der Waals surface area contributed by atoms with Crippen molar-refractivity contribution in [2.24, 2.45) is 5.84 Å². The number of nitrogens with two attached hydrogens (primary N) is 1. The van der Waals surface area contributed by atoms with Crippen LogP contribution in [0.2, 0.25) is 0 Å². The number of methoxy groups -OCH3 is 2. The first-order valence-electron chi connectivity index (χ1n) is 6.21. The Bertz CT molecular complexity index is 562. The van der Waals surface area contributed by atoms with E-state index >= 15 is 0 Å². The molecule has 0 aliphatic carbocycles. The molecule has 0 aliphatic heterocycles. The average molecular weight is 274 g/mol. The third-order valence-corrected chi connectivity index (χ3v) is 3.00. The monoisotopic (exact) mass is 274 g/mol. The molecule has 0 fully saturated rings. The lowest BCUT2D eigenvalue weighted by atomic mass is 10.0. The van der Waals surface area contributed by atoms with Crippen LogP contribution in [0.5, 0.6) is 11.6 Å². The summed E-state index contributed by atoms with van der Waals surface area (Å²) in [5.74, 6) is 6.97. The van der Waals surface area contributed by atoms with Crippen LogP contribution in [0.15, 0.2) is 36.7 Å². The molecule has 106 valence electrons. The van der Waals surface area contributed by atoms with Crippen LogP contribution in [0.1, 0.15) is 17.3 Å². The maximum absolute atomic E-state index is 5.63. The van der Waals surface area contributed by atoms with E-state index in [1.807, 2.05) is 24.3 Å². The number of ether oxygens (including phenoxy) is 2. The van der Waals surface area contributed by atoms with Crippen molar-refractivity contribution in [3.8, 4) is 11.6 Å². The minimum absolute atomic E-state index is 0.126. The number of nitrogens with one attached hydrogen (secondary N) is 1. The molecule has 0 bridgehead atoms. The average Bonchev–Trinajstić information content (AvgIpc) is 2.52. The Morgan fingerprint density at radius 3 is 2.75 bits per heavy atom. The first-order chi connectivity index (χ1) is 9.76. The van der Waals surface area contributed by atoms with Crippen molar-refractivity contribution < 1.29 is 9.47 Å². The van der Waals surface area contributed by atoms with Crippen LogP contribution in [-0.4, -0.2) is 24.2 Å². The van der Waals surface area contributed by atoms with Gasteiger partial charge in [-0.3, -0.25) is 11.3 Å². The standard InChI is InChI=1S/C14H18N4O2/c1-19-11-5-3-4-10(6-11)7-13(18-15)12-8-14(20-2)17-9-16-12/h3-6,8-9,13,18H,7,15H2,1-2H3. The van der Waals surface area contributed by atoms with Gasteiger partial charge in [-0.2, -0.15) is 0 Å². The predicted octanol–water partition coefficient (Wildman–Crippen LogP) is 1.24. The second kappa shape index (κ2) is 6.83. The summed E-state index contributed by atoms with van der Waals surface area (Å²) in [4.78, 5) is 8.22. The Morgan fingerprint density at radius 2 is 2.05 bits per heavy atom. The smallest absolute Gasteiger partial charge is 0.216 e. The highest BCUT2D eigenvalue weighted by atomic mass is 16.5. The molecule has 1 aromatic carbocycles. The zero-order chi connectivity index (χ0) is 14.4. The molecule has 0 amide bonds. The number of nitrogens with zero attached hydrogens (tertiary/aromatic N) is 2. The molecule has 1 unspecified atom stereocenters. The highest BCUT2D eigenvalue weighted by Crippen LogP contribution is 2.20. The third-order valence-electron chi connectivity index (χ3n) is 3.00. The van der Waals surface area contributed by atoms with E-state index in [9.17, 15) is 0 Å². The summed E-state index contributed by atoms with van der Waals surface area (Å²) in [6, 6.07) is 9.49. The quantitative estimate of drug-likeness (QED) is 0.609. The van der Waals surface area contributed by atoms with E-state index in [1.165, 1.54) is 6.33 Å². The number of hydrogen-bond donors (Lipinski definition) is 2. The topological polar surface area (TPSA) is 82.3 Å². The maximum atomic E-state index is 5.63. The first-order valence-corrected chi connectivity index (χ1v) is 6.21. The van der Waals surface area contributed by atoms with E-state index in [1.54, 1.807) is 20.3 Å². The molecule has 3 N–H and O–H groups in total. The van der Waals surface area contributed by atoms with Crippen LogP contribution in [-0.2, 0) is 6.42 Å². The molecule has 0 spiro atoms. The molecule has 0 aliphatic rings. The van der Waals surface area contributed by atoms with Crippen molar-refractivity contribution in [2.45, 2.75) is 12.5 Å². The molecule has 20 heavy (non-hydrogen) atoms. The van der Waals surface area contributed by atoms with E-state index < -0.39 is 0 Å². The predicted molar refractivity (Wildman–Crippen MR) is 75.3 cm³/mol. The second-order valence-electron chi connectivity index (χ2n) is 4.26. The van der Waals surface area contributed by atoms with Gasteiger partial charge < -0.3 is 9.47 Å². The van der Waals surface area contributed by atoms with Crippen molar-refractivity contribution in [2.75, 3.05) is 14.2 Å². The van der Waals surface area contributed by atoms with Crippen LogP contribution in [0.25, 0.3) is 0 Å².